The van der Waals surface area contributed by atoms with E-state index in [0.29, 0.717) is 23.8 Å². The van der Waals surface area contributed by atoms with Gasteiger partial charge in [0.2, 0.25) is 11.5 Å². The van der Waals surface area contributed by atoms with Gasteiger partial charge in [-0.15, -0.1) is 5.10 Å². The fourth-order valence-electron chi connectivity index (χ4n) is 1.72. The Morgan fingerprint density at radius 2 is 2.21 bits per heavy atom. The first-order chi connectivity index (χ1) is 9.28. The number of nitrogens with zero attached hydrogens (tertiary/aromatic N) is 5. The van der Waals surface area contributed by atoms with Gasteiger partial charge in [0.05, 0.1) is 12.4 Å². The first kappa shape index (κ1) is 11.5. The second kappa shape index (κ2) is 4.62. The second-order valence-electron chi connectivity index (χ2n) is 4.10. The highest BCUT2D eigenvalue weighted by molar-refractivity contribution is 5.40. The number of nitrogens with two attached hydrogens (primary N) is 1. The quantitative estimate of drug-likeness (QED) is 0.754. The largest absolute Gasteiger partial charge is 0.437 e. The third-order valence-corrected chi connectivity index (χ3v) is 2.78. The molecule has 1 aromatic carbocycles. The Kier molecular flexibility index (Phi) is 2.81. The molecule has 3 rings (SSSR count). The Hall–Kier alpha value is -2.54. The number of fused-ring (bicyclic) bond motifs is 1. The summed E-state index contributed by atoms with van der Waals surface area (Å²) in [5.41, 5.74) is 8.16. The molecule has 0 aliphatic carbocycles. The van der Waals surface area contributed by atoms with Gasteiger partial charge in [-0.1, -0.05) is 12.1 Å². The molecule has 7 heteroatoms. The Labute approximate surface area is 109 Å². The molecule has 96 valence electrons. The molecule has 2 aromatic heterocycles. The SMILES string of the molecule is Cc1ccc(CN)cc1Oc1cncc2nnnn12. The fraction of sp³-hybridized carbons (Fsp3) is 0.167. The van der Waals surface area contributed by atoms with Crippen molar-refractivity contribution in [1.82, 2.24) is 25.0 Å². The molecule has 0 atom stereocenters. The summed E-state index contributed by atoms with van der Waals surface area (Å²) in [7, 11) is 0. The maximum atomic E-state index is 5.83. The minimum atomic E-state index is 0.458. The number of tetrazole rings is 1. The van der Waals surface area contributed by atoms with Crippen LogP contribution in [-0.2, 0) is 6.54 Å². The minimum absolute atomic E-state index is 0.458. The number of ether oxygens (including phenoxy) is 1. The van der Waals surface area contributed by atoms with E-state index in [4.69, 9.17) is 10.5 Å². The summed E-state index contributed by atoms with van der Waals surface area (Å²) >= 11 is 0. The van der Waals surface area contributed by atoms with Gasteiger partial charge in [-0.05, 0) is 34.5 Å². The lowest BCUT2D eigenvalue weighted by Crippen LogP contribution is -2.00. The van der Waals surface area contributed by atoms with Gasteiger partial charge in [0, 0.05) is 6.54 Å². The van der Waals surface area contributed by atoms with Crippen LogP contribution >= 0.6 is 0 Å². The third kappa shape index (κ3) is 2.11. The van der Waals surface area contributed by atoms with E-state index < -0.39 is 0 Å². The van der Waals surface area contributed by atoms with Crippen LogP contribution in [0.2, 0.25) is 0 Å². The summed E-state index contributed by atoms with van der Waals surface area (Å²) in [6.07, 6.45) is 3.13. The van der Waals surface area contributed by atoms with Crippen molar-refractivity contribution in [3.63, 3.8) is 0 Å². The van der Waals surface area contributed by atoms with Crippen molar-refractivity contribution in [3.8, 4) is 11.6 Å². The van der Waals surface area contributed by atoms with Crippen molar-refractivity contribution in [2.75, 3.05) is 0 Å². The van der Waals surface area contributed by atoms with Gasteiger partial charge in [0.15, 0.2) is 0 Å². The molecule has 0 amide bonds. The number of hydrogen-bond acceptors (Lipinski definition) is 6. The summed E-state index contributed by atoms with van der Waals surface area (Å²) in [6, 6.07) is 5.83. The van der Waals surface area contributed by atoms with E-state index in [-0.39, 0.29) is 0 Å². The molecule has 0 unspecified atom stereocenters. The van der Waals surface area contributed by atoms with E-state index in [2.05, 4.69) is 20.5 Å². The summed E-state index contributed by atoms with van der Waals surface area (Å²) in [5.74, 6) is 1.17. The first-order valence-corrected chi connectivity index (χ1v) is 5.77. The molecule has 0 bridgehead atoms. The lowest BCUT2D eigenvalue weighted by molar-refractivity contribution is 0.438. The first-order valence-electron chi connectivity index (χ1n) is 5.77. The topological polar surface area (TPSA) is 91.2 Å². The molecule has 3 aromatic rings. The predicted octanol–water partition coefficient (Wildman–Crippen LogP) is 1.08. The van der Waals surface area contributed by atoms with Crippen molar-refractivity contribution >= 4 is 5.65 Å². The molecule has 7 nitrogen and oxygen atoms in total. The Bertz CT molecular complexity index is 723. The van der Waals surface area contributed by atoms with Gasteiger partial charge in [0.1, 0.15) is 5.75 Å². The highest BCUT2D eigenvalue weighted by atomic mass is 16.5. The van der Waals surface area contributed by atoms with Crippen LogP contribution in [0.4, 0.5) is 0 Å². The summed E-state index contributed by atoms with van der Waals surface area (Å²) in [4.78, 5) is 4.04. The standard InChI is InChI=1S/C12H12N6O/c1-8-2-3-9(5-13)4-10(8)19-12-7-14-6-11-15-16-17-18(11)12/h2-4,6-7H,5,13H2,1H3. The molecule has 0 spiro atoms. The fourth-order valence-corrected chi connectivity index (χ4v) is 1.72. The number of benzene rings is 1. The van der Waals surface area contributed by atoms with E-state index in [1.165, 1.54) is 4.52 Å². The van der Waals surface area contributed by atoms with E-state index in [1.54, 1.807) is 12.4 Å². The summed E-state index contributed by atoms with van der Waals surface area (Å²) < 4.78 is 7.31. The van der Waals surface area contributed by atoms with E-state index in [9.17, 15) is 0 Å². The van der Waals surface area contributed by atoms with Crippen molar-refractivity contribution in [3.05, 3.63) is 41.7 Å². The third-order valence-electron chi connectivity index (χ3n) is 2.78. The number of aromatic nitrogens is 5. The van der Waals surface area contributed by atoms with Gasteiger partial charge < -0.3 is 10.5 Å². The lowest BCUT2D eigenvalue weighted by atomic mass is 10.1. The van der Waals surface area contributed by atoms with Crippen LogP contribution in [-0.4, -0.2) is 25.0 Å². The highest BCUT2D eigenvalue weighted by Crippen LogP contribution is 2.25. The molecule has 2 heterocycles. The van der Waals surface area contributed by atoms with Gasteiger partial charge in [-0.25, -0.2) is 0 Å². The molecule has 0 aliphatic rings. The van der Waals surface area contributed by atoms with Crippen LogP contribution in [0.1, 0.15) is 11.1 Å². The zero-order valence-corrected chi connectivity index (χ0v) is 10.3. The maximum Gasteiger partial charge on any atom is 0.242 e. The number of rotatable bonds is 3. The van der Waals surface area contributed by atoms with Gasteiger partial charge in [-0.3, -0.25) is 4.98 Å². The lowest BCUT2D eigenvalue weighted by Gasteiger charge is -2.10. The molecule has 0 saturated carbocycles. The molecular weight excluding hydrogens is 244 g/mol. The van der Waals surface area contributed by atoms with Crippen LogP contribution < -0.4 is 10.5 Å². The molecule has 19 heavy (non-hydrogen) atoms. The Morgan fingerprint density at radius 3 is 3.05 bits per heavy atom. The highest BCUT2D eigenvalue weighted by Gasteiger charge is 2.08. The van der Waals surface area contributed by atoms with E-state index in [1.807, 2.05) is 25.1 Å². The number of hydrogen-bond donors (Lipinski definition) is 1. The zero-order chi connectivity index (χ0) is 13.2. The van der Waals surface area contributed by atoms with Crippen molar-refractivity contribution in [2.45, 2.75) is 13.5 Å². The van der Waals surface area contributed by atoms with E-state index >= 15 is 0 Å². The maximum absolute atomic E-state index is 5.83. The average Bonchev–Trinajstić information content (AvgIpc) is 2.90. The Morgan fingerprint density at radius 1 is 1.32 bits per heavy atom. The number of aryl methyl sites for hydroxylation is 1. The van der Waals surface area contributed by atoms with Crippen LogP contribution in [0.5, 0.6) is 11.6 Å². The van der Waals surface area contributed by atoms with Gasteiger partial charge >= 0.3 is 0 Å². The summed E-state index contributed by atoms with van der Waals surface area (Å²) in [5, 5.41) is 11.3. The summed E-state index contributed by atoms with van der Waals surface area (Å²) in [6.45, 7) is 2.42. The molecule has 0 saturated heterocycles. The van der Waals surface area contributed by atoms with E-state index in [0.717, 1.165) is 11.1 Å². The monoisotopic (exact) mass is 256 g/mol. The minimum Gasteiger partial charge on any atom is -0.437 e. The molecule has 0 aliphatic heterocycles. The van der Waals surface area contributed by atoms with Crippen molar-refractivity contribution in [1.29, 1.82) is 0 Å². The van der Waals surface area contributed by atoms with Crippen LogP contribution in [0.3, 0.4) is 0 Å². The van der Waals surface area contributed by atoms with Crippen molar-refractivity contribution in [2.24, 2.45) is 5.73 Å². The Balaban J connectivity index is 2.03. The molecule has 0 radical (unpaired) electrons. The predicted molar refractivity (Wildman–Crippen MR) is 67.7 cm³/mol. The second-order valence-corrected chi connectivity index (χ2v) is 4.10. The van der Waals surface area contributed by atoms with Crippen molar-refractivity contribution < 1.29 is 4.74 Å². The normalized spacial score (nSPS) is 10.8. The zero-order valence-electron chi connectivity index (χ0n) is 10.3. The smallest absolute Gasteiger partial charge is 0.242 e. The molecular formula is C12H12N6O. The molecule has 2 N–H and O–H groups in total. The van der Waals surface area contributed by atoms with Crippen LogP contribution in [0, 0.1) is 6.92 Å². The van der Waals surface area contributed by atoms with Crippen LogP contribution in [0.15, 0.2) is 30.6 Å². The van der Waals surface area contributed by atoms with Crippen LogP contribution in [0.25, 0.3) is 5.65 Å². The van der Waals surface area contributed by atoms with Gasteiger partial charge in [0.25, 0.3) is 0 Å². The van der Waals surface area contributed by atoms with Gasteiger partial charge in [-0.2, -0.15) is 4.52 Å². The average molecular weight is 256 g/mol. The molecule has 0 fully saturated rings.